The number of aryl methyl sites for hydroxylation is 1. The van der Waals surface area contributed by atoms with Gasteiger partial charge in [0, 0.05) is 29.9 Å². The average molecular weight is 321 g/mol. The number of anilines is 1. The Morgan fingerprint density at radius 1 is 1.12 bits per heavy atom. The van der Waals surface area contributed by atoms with Gasteiger partial charge in [-0.3, -0.25) is 19.0 Å². The van der Waals surface area contributed by atoms with E-state index in [-0.39, 0.29) is 11.3 Å². The molecule has 1 N–H and O–H groups in total. The number of rotatable bonds is 3. The van der Waals surface area contributed by atoms with Crippen molar-refractivity contribution in [1.29, 1.82) is 0 Å². The molecule has 1 aromatic carbocycles. The summed E-state index contributed by atoms with van der Waals surface area (Å²) in [5, 5.41) is 3.38. The van der Waals surface area contributed by atoms with Crippen LogP contribution in [-0.4, -0.2) is 21.2 Å². The van der Waals surface area contributed by atoms with E-state index in [0.717, 1.165) is 0 Å². The predicted molar refractivity (Wildman–Crippen MR) is 91.4 cm³/mol. The molecular formula is C18H15N3O3. The normalized spacial score (nSPS) is 10.6. The van der Waals surface area contributed by atoms with Gasteiger partial charge in [-0.2, -0.15) is 0 Å². The summed E-state index contributed by atoms with van der Waals surface area (Å²) in [5.74, 6) is -0.555. The van der Waals surface area contributed by atoms with Crippen LogP contribution in [0, 0.1) is 0 Å². The molecule has 1 amide bonds. The Morgan fingerprint density at radius 2 is 1.83 bits per heavy atom. The first-order valence-corrected chi connectivity index (χ1v) is 7.34. The van der Waals surface area contributed by atoms with E-state index in [2.05, 4.69) is 10.3 Å². The number of aromatic nitrogens is 2. The lowest BCUT2D eigenvalue weighted by atomic mass is 10.1. The summed E-state index contributed by atoms with van der Waals surface area (Å²) in [4.78, 5) is 40.2. The second-order valence-electron chi connectivity index (χ2n) is 5.43. The highest BCUT2D eigenvalue weighted by Gasteiger charge is 2.15. The fraction of sp³-hybridized carbons (Fsp3) is 0.111. The number of hydrogen-bond acceptors (Lipinski definition) is 4. The van der Waals surface area contributed by atoms with E-state index >= 15 is 0 Å². The first-order valence-electron chi connectivity index (χ1n) is 7.34. The van der Waals surface area contributed by atoms with Crippen LogP contribution in [0.25, 0.3) is 11.0 Å². The van der Waals surface area contributed by atoms with Crippen molar-refractivity contribution in [1.82, 2.24) is 9.55 Å². The van der Waals surface area contributed by atoms with Gasteiger partial charge in [0.1, 0.15) is 11.2 Å². The maximum Gasteiger partial charge on any atom is 0.264 e. The molecule has 6 heteroatoms. The monoisotopic (exact) mass is 321 g/mol. The van der Waals surface area contributed by atoms with Crippen molar-refractivity contribution in [3.05, 3.63) is 70.1 Å². The summed E-state index contributed by atoms with van der Waals surface area (Å²) in [6.45, 7) is 1.47. The topological polar surface area (TPSA) is 81.1 Å². The number of carbonyl (C=O) groups is 2. The molecule has 24 heavy (non-hydrogen) atoms. The Bertz CT molecular complexity index is 1000. The van der Waals surface area contributed by atoms with Crippen LogP contribution in [0.5, 0.6) is 0 Å². The standard InChI is InChI=1S/C18H15N3O3/c1-11(22)12-5-7-14(8-6-12)20-17(23)15-10-13-4-3-9-19-16(13)21(2)18(15)24/h3-10H,1-2H3,(H,20,23). The number of fused-ring (bicyclic) bond motifs is 1. The summed E-state index contributed by atoms with van der Waals surface area (Å²) < 4.78 is 1.35. The van der Waals surface area contributed by atoms with E-state index in [1.54, 1.807) is 49.6 Å². The third-order valence-corrected chi connectivity index (χ3v) is 3.76. The van der Waals surface area contributed by atoms with Crippen molar-refractivity contribution in [3.63, 3.8) is 0 Å². The van der Waals surface area contributed by atoms with Crippen LogP contribution in [0.1, 0.15) is 27.6 Å². The van der Waals surface area contributed by atoms with Crippen LogP contribution < -0.4 is 10.9 Å². The van der Waals surface area contributed by atoms with Gasteiger partial charge in [-0.25, -0.2) is 4.98 Å². The van der Waals surface area contributed by atoms with Crippen LogP contribution in [0.4, 0.5) is 5.69 Å². The first kappa shape index (κ1) is 15.6. The Balaban J connectivity index is 1.95. The Kier molecular flexibility index (Phi) is 3.95. The van der Waals surface area contributed by atoms with Crippen molar-refractivity contribution in [3.8, 4) is 0 Å². The molecule has 2 heterocycles. The van der Waals surface area contributed by atoms with Gasteiger partial charge in [-0.1, -0.05) is 0 Å². The number of benzene rings is 1. The fourth-order valence-corrected chi connectivity index (χ4v) is 2.45. The zero-order valence-corrected chi connectivity index (χ0v) is 13.2. The lowest BCUT2D eigenvalue weighted by Crippen LogP contribution is -2.28. The number of hydrogen-bond donors (Lipinski definition) is 1. The van der Waals surface area contributed by atoms with Gasteiger partial charge in [0.05, 0.1) is 0 Å². The Labute approximate surface area is 137 Å². The summed E-state index contributed by atoms with van der Waals surface area (Å²) in [6.07, 6.45) is 1.60. The second kappa shape index (κ2) is 6.08. The highest BCUT2D eigenvalue weighted by Crippen LogP contribution is 2.13. The van der Waals surface area contributed by atoms with E-state index in [4.69, 9.17) is 0 Å². The van der Waals surface area contributed by atoms with Crippen molar-refractivity contribution < 1.29 is 9.59 Å². The molecule has 0 saturated heterocycles. The zero-order chi connectivity index (χ0) is 17.3. The molecule has 0 aliphatic rings. The third kappa shape index (κ3) is 2.81. The van der Waals surface area contributed by atoms with Crippen LogP contribution in [-0.2, 0) is 7.05 Å². The van der Waals surface area contributed by atoms with Gasteiger partial charge in [-0.15, -0.1) is 0 Å². The molecule has 3 rings (SSSR count). The quantitative estimate of drug-likeness (QED) is 0.751. The van der Waals surface area contributed by atoms with Crippen LogP contribution >= 0.6 is 0 Å². The van der Waals surface area contributed by atoms with Gasteiger partial charge in [0.2, 0.25) is 0 Å². The SMILES string of the molecule is CC(=O)c1ccc(NC(=O)c2cc3cccnc3n(C)c2=O)cc1. The summed E-state index contributed by atoms with van der Waals surface area (Å²) in [6, 6.07) is 11.6. The predicted octanol–water partition coefficient (Wildman–Crippen LogP) is 2.39. The minimum Gasteiger partial charge on any atom is -0.322 e. The van der Waals surface area contributed by atoms with E-state index in [0.29, 0.717) is 22.3 Å². The van der Waals surface area contributed by atoms with Gasteiger partial charge >= 0.3 is 0 Å². The Hall–Kier alpha value is -3.28. The number of nitrogens with zero attached hydrogens (tertiary/aromatic N) is 2. The molecule has 0 spiro atoms. The van der Waals surface area contributed by atoms with E-state index in [9.17, 15) is 14.4 Å². The van der Waals surface area contributed by atoms with Crippen molar-refractivity contribution in [2.75, 3.05) is 5.32 Å². The van der Waals surface area contributed by atoms with E-state index in [1.807, 2.05) is 0 Å². The number of nitrogens with one attached hydrogen (secondary N) is 1. The molecule has 2 aromatic heterocycles. The molecule has 0 fully saturated rings. The summed E-state index contributed by atoms with van der Waals surface area (Å²) >= 11 is 0. The third-order valence-electron chi connectivity index (χ3n) is 3.76. The highest BCUT2D eigenvalue weighted by atomic mass is 16.2. The highest BCUT2D eigenvalue weighted by molar-refractivity contribution is 6.05. The second-order valence-corrected chi connectivity index (χ2v) is 5.43. The molecule has 120 valence electrons. The van der Waals surface area contributed by atoms with Gasteiger partial charge in [0.15, 0.2) is 5.78 Å². The molecule has 0 unspecified atom stereocenters. The molecule has 0 bridgehead atoms. The number of ketones is 1. The summed E-state index contributed by atoms with van der Waals surface area (Å²) in [7, 11) is 1.58. The van der Waals surface area contributed by atoms with E-state index in [1.165, 1.54) is 17.6 Å². The van der Waals surface area contributed by atoms with Crippen LogP contribution in [0.3, 0.4) is 0 Å². The van der Waals surface area contributed by atoms with Crippen LogP contribution in [0.15, 0.2) is 53.5 Å². The Morgan fingerprint density at radius 3 is 2.50 bits per heavy atom. The van der Waals surface area contributed by atoms with Crippen molar-refractivity contribution >= 4 is 28.4 Å². The number of amides is 1. The molecule has 0 aliphatic carbocycles. The molecule has 0 atom stereocenters. The maximum atomic E-state index is 12.4. The average Bonchev–Trinajstić information content (AvgIpc) is 2.58. The van der Waals surface area contributed by atoms with Crippen molar-refractivity contribution in [2.45, 2.75) is 6.92 Å². The van der Waals surface area contributed by atoms with Crippen molar-refractivity contribution in [2.24, 2.45) is 7.05 Å². The summed E-state index contributed by atoms with van der Waals surface area (Å²) in [5.41, 5.74) is 1.21. The van der Waals surface area contributed by atoms with Gasteiger partial charge in [0.25, 0.3) is 11.5 Å². The number of carbonyl (C=O) groups excluding carboxylic acids is 2. The molecule has 0 aliphatic heterocycles. The largest absolute Gasteiger partial charge is 0.322 e. The fourth-order valence-electron chi connectivity index (χ4n) is 2.45. The van der Waals surface area contributed by atoms with Gasteiger partial charge < -0.3 is 5.32 Å². The van der Waals surface area contributed by atoms with Crippen LogP contribution in [0.2, 0.25) is 0 Å². The minimum atomic E-state index is -0.503. The van der Waals surface area contributed by atoms with E-state index < -0.39 is 11.5 Å². The zero-order valence-electron chi connectivity index (χ0n) is 13.2. The molecule has 0 saturated carbocycles. The number of pyridine rings is 2. The first-order chi connectivity index (χ1) is 11.5. The lowest BCUT2D eigenvalue weighted by molar-refractivity contribution is 0.101. The van der Waals surface area contributed by atoms with Gasteiger partial charge in [-0.05, 0) is 49.4 Å². The smallest absolute Gasteiger partial charge is 0.264 e. The minimum absolute atomic E-state index is 0.0358. The molecule has 0 radical (unpaired) electrons. The molecule has 6 nitrogen and oxygen atoms in total. The molecular weight excluding hydrogens is 306 g/mol. The molecule has 3 aromatic rings. The maximum absolute atomic E-state index is 12.4. The number of Topliss-reactive ketones (excluding diaryl/α,β-unsaturated/α-hetero) is 1. The lowest BCUT2D eigenvalue weighted by Gasteiger charge is -2.09.